The van der Waals surface area contributed by atoms with Crippen molar-refractivity contribution >= 4 is 34.5 Å². The lowest BCUT2D eigenvalue weighted by Crippen LogP contribution is -2.21. The van der Waals surface area contributed by atoms with Gasteiger partial charge in [0.25, 0.3) is 0 Å². The minimum Gasteiger partial charge on any atom is -0.355 e. The highest BCUT2D eigenvalue weighted by molar-refractivity contribution is 5.87. The van der Waals surface area contributed by atoms with Gasteiger partial charge in [-0.2, -0.15) is 0 Å². The molecule has 1 fully saturated rings. The Labute approximate surface area is 313 Å². The van der Waals surface area contributed by atoms with Crippen LogP contribution in [0.15, 0.2) is 170 Å². The van der Waals surface area contributed by atoms with Crippen molar-refractivity contribution in [3.63, 3.8) is 0 Å². The summed E-state index contributed by atoms with van der Waals surface area (Å²) in [5.74, 6) is 0. The molecule has 0 amide bonds. The molecule has 3 aliphatic rings. The normalized spacial score (nSPS) is 14.8. The second kappa shape index (κ2) is 13.1. The molecule has 2 heteroatoms. The summed E-state index contributed by atoms with van der Waals surface area (Å²) >= 11 is 0. The van der Waals surface area contributed by atoms with Crippen LogP contribution in [0.2, 0.25) is 0 Å². The summed E-state index contributed by atoms with van der Waals surface area (Å²) in [5, 5.41) is 3.67. The maximum Gasteiger partial charge on any atom is 0.0465 e. The molecule has 0 atom stereocenters. The average Bonchev–Trinajstić information content (AvgIpc) is 3.83. The van der Waals surface area contributed by atoms with Gasteiger partial charge in [0.15, 0.2) is 0 Å². The lowest BCUT2D eigenvalue weighted by atomic mass is 9.76. The summed E-state index contributed by atoms with van der Waals surface area (Å²) in [6.07, 6.45) is 11.8. The molecule has 0 radical (unpaired) electrons. The lowest BCUT2D eigenvalue weighted by molar-refractivity contribution is 0.550. The Kier molecular flexibility index (Phi) is 7.83. The molecule has 1 saturated carbocycles. The molecular formula is C51H42N2. The van der Waals surface area contributed by atoms with E-state index in [0.717, 1.165) is 29.9 Å². The van der Waals surface area contributed by atoms with Gasteiger partial charge in [0.1, 0.15) is 0 Å². The zero-order valence-corrected chi connectivity index (χ0v) is 29.9. The van der Waals surface area contributed by atoms with E-state index < -0.39 is 0 Å². The number of hydrogen-bond donors (Lipinski definition) is 1. The Morgan fingerprint density at radius 3 is 1.81 bits per heavy atom. The van der Waals surface area contributed by atoms with Gasteiger partial charge in [0, 0.05) is 39.4 Å². The highest BCUT2D eigenvalue weighted by Gasteiger charge is 2.45. The first-order valence-corrected chi connectivity index (χ1v) is 19.2. The summed E-state index contributed by atoms with van der Waals surface area (Å²) in [6.45, 7) is 0. The van der Waals surface area contributed by atoms with Gasteiger partial charge in [0.2, 0.25) is 0 Å². The number of nitrogens with one attached hydrogen (secondary N) is 1. The molecule has 53 heavy (non-hydrogen) atoms. The molecule has 256 valence electrons. The fourth-order valence-corrected chi connectivity index (χ4v) is 9.26. The van der Waals surface area contributed by atoms with E-state index in [-0.39, 0.29) is 5.41 Å². The van der Waals surface area contributed by atoms with Crippen LogP contribution in [0.4, 0.5) is 28.4 Å². The zero-order chi connectivity index (χ0) is 35.2. The number of aryl methyl sites for hydroxylation is 1. The van der Waals surface area contributed by atoms with Crippen molar-refractivity contribution in [1.82, 2.24) is 0 Å². The van der Waals surface area contributed by atoms with Crippen LogP contribution in [0, 0.1) is 0 Å². The van der Waals surface area contributed by atoms with E-state index in [9.17, 15) is 0 Å². The number of anilines is 5. The van der Waals surface area contributed by atoms with Gasteiger partial charge in [-0.1, -0.05) is 134 Å². The summed E-state index contributed by atoms with van der Waals surface area (Å²) < 4.78 is 0. The number of allylic oxidation sites excluding steroid dienone is 1. The number of nitrogens with zero attached hydrogens (tertiary/aromatic N) is 1. The van der Waals surface area contributed by atoms with Crippen LogP contribution in [0.5, 0.6) is 0 Å². The fraction of sp³-hybridized carbons (Fsp3) is 0.137. The largest absolute Gasteiger partial charge is 0.355 e. The zero-order valence-electron chi connectivity index (χ0n) is 29.9. The van der Waals surface area contributed by atoms with Crippen molar-refractivity contribution in [2.45, 2.75) is 43.9 Å². The van der Waals surface area contributed by atoms with E-state index in [1.165, 1.54) is 92.7 Å². The van der Waals surface area contributed by atoms with Gasteiger partial charge >= 0.3 is 0 Å². The predicted octanol–water partition coefficient (Wildman–Crippen LogP) is 14.0. The topological polar surface area (TPSA) is 15.3 Å². The Bertz CT molecular complexity index is 2450. The quantitative estimate of drug-likeness (QED) is 0.180. The molecule has 0 bridgehead atoms. The highest BCUT2D eigenvalue weighted by atomic mass is 15.1. The first-order chi connectivity index (χ1) is 26.2. The number of hydrogen-bond acceptors (Lipinski definition) is 2. The van der Waals surface area contributed by atoms with Crippen molar-refractivity contribution in [2.75, 3.05) is 10.2 Å². The molecule has 1 N–H and O–H groups in total. The maximum absolute atomic E-state index is 3.67. The van der Waals surface area contributed by atoms with Crippen molar-refractivity contribution in [3.05, 3.63) is 192 Å². The number of benzene rings is 7. The summed E-state index contributed by atoms with van der Waals surface area (Å²) in [6, 6.07) is 60.6. The predicted molar refractivity (Wildman–Crippen MR) is 224 cm³/mol. The first kappa shape index (κ1) is 31.6. The van der Waals surface area contributed by atoms with E-state index in [1.807, 2.05) is 0 Å². The minimum absolute atomic E-state index is 0.117. The molecule has 0 aromatic heterocycles. The second-order valence-corrected chi connectivity index (χ2v) is 14.9. The van der Waals surface area contributed by atoms with Crippen LogP contribution in [0.25, 0.3) is 39.5 Å². The van der Waals surface area contributed by atoms with Crippen LogP contribution in [0.3, 0.4) is 0 Å². The van der Waals surface area contributed by atoms with E-state index in [4.69, 9.17) is 0 Å². The molecule has 0 heterocycles. The Morgan fingerprint density at radius 2 is 1.09 bits per heavy atom. The molecule has 2 nitrogen and oxygen atoms in total. The lowest BCUT2D eigenvalue weighted by Gasteiger charge is -2.30. The molecule has 7 aromatic rings. The average molecular weight is 683 g/mol. The monoisotopic (exact) mass is 682 g/mol. The Hall–Kier alpha value is -6.12. The Morgan fingerprint density at radius 1 is 0.491 bits per heavy atom. The van der Waals surface area contributed by atoms with Crippen LogP contribution < -0.4 is 10.2 Å². The van der Waals surface area contributed by atoms with Crippen molar-refractivity contribution in [3.8, 4) is 33.4 Å². The van der Waals surface area contributed by atoms with Crippen molar-refractivity contribution < 1.29 is 0 Å². The maximum atomic E-state index is 3.67. The van der Waals surface area contributed by atoms with Gasteiger partial charge in [-0.05, 0) is 130 Å². The second-order valence-electron chi connectivity index (χ2n) is 14.9. The summed E-state index contributed by atoms with van der Waals surface area (Å²) in [5.41, 5.74) is 19.3. The van der Waals surface area contributed by atoms with Crippen LogP contribution in [0.1, 0.15) is 54.4 Å². The van der Waals surface area contributed by atoms with Crippen LogP contribution in [-0.2, 0) is 11.8 Å². The molecule has 10 rings (SSSR count). The molecule has 0 aliphatic heterocycles. The van der Waals surface area contributed by atoms with Gasteiger partial charge in [-0.3, -0.25) is 0 Å². The molecular weight excluding hydrogens is 641 g/mol. The smallest absolute Gasteiger partial charge is 0.0465 e. The molecule has 0 saturated heterocycles. The SMILES string of the molecule is C1=Cc2c(cccc2Nc2ccc(-c3ccc(N(c4ccc(-c5ccccc5)cc4)c4ccc5c(c4)C4(CCCC4)c4ccccc4-5)cc3)cc2)CC1. The summed E-state index contributed by atoms with van der Waals surface area (Å²) in [4.78, 5) is 2.44. The summed E-state index contributed by atoms with van der Waals surface area (Å²) in [7, 11) is 0. The van der Waals surface area contributed by atoms with E-state index in [1.54, 1.807) is 0 Å². The van der Waals surface area contributed by atoms with Crippen molar-refractivity contribution in [2.24, 2.45) is 0 Å². The number of rotatable bonds is 7. The van der Waals surface area contributed by atoms with E-state index in [2.05, 4.69) is 186 Å². The standard InChI is InChI=1S/C51H42N2/c1-2-11-36(12-3-1)38-21-27-42(28-22-38)53(44-31-32-47-46-16-6-7-17-48(46)51(49(47)35-44)33-8-9-34-51)43-29-23-39(24-30-43)37-19-25-41(26-20-37)52-50-18-10-14-40-13-4-5-15-45(40)50/h1-3,5-7,10-12,14-32,35,52H,4,8-9,13,33-34H2. The van der Waals surface area contributed by atoms with Gasteiger partial charge in [-0.15, -0.1) is 0 Å². The third-order valence-corrected chi connectivity index (χ3v) is 11.9. The van der Waals surface area contributed by atoms with E-state index in [0.29, 0.717) is 0 Å². The van der Waals surface area contributed by atoms with Crippen LogP contribution >= 0.6 is 0 Å². The molecule has 0 unspecified atom stereocenters. The minimum atomic E-state index is 0.117. The Balaban J connectivity index is 0.995. The van der Waals surface area contributed by atoms with E-state index >= 15 is 0 Å². The van der Waals surface area contributed by atoms with Crippen LogP contribution in [-0.4, -0.2) is 0 Å². The molecule has 3 aliphatic carbocycles. The third-order valence-electron chi connectivity index (χ3n) is 11.9. The highest BCUT2D eigenvalue weighted by Crippen LogP contribution is 2.57. The first-order valence-electron chi connectivity index (χ1n) is 19.2. The molecule has 7 aromatic carbocycles. The van der Waals surface area contributed by atoms with Gasteiger partial charge in [0.05, 0.1) is 0 Å². The van der Waals surface area contributed by atoms with Gasteiger partial charge < -0.3 is 10.2 Å². The van der Waals surface area contributed by atoms with Crippen molar-refractivity contribution in [1.29, 1.82) is 0 Å². The fourth-order valence-electron chi connectivity index (χ4n) is 9.26. The molecule has 1 spiro atoms. The number of fused-ring (bicyclic) bond motifs is 6. The third kappa shape index (κ3) is 5.57. The van der Waals surface area contributed by atoms with Gasteiger partial charge in [-0.25, -0.2) is 0 Å².